The number of hydrogen-bond acceptors (Lipinski definition) is 1. The van der Waals surface area contributed by atoms with Gasteiger partial charge in [-0.1, -0.05) is 63.3 Å². The fraction of sp³-hybridized carbons (Fsp3) is 0.765. The lowest BCUT2D eigenvalue weighted by molar-refractivity contribution is 0.282. The first-order chi connectivity index (χ1) is 8.91. The fourth-order valence-corrected chi connectivity index (χ4v) is 1.92. The van der Waals surface area contributed by atoms with E-state index in [0.717, 1.165) is 12.8 Å². The molecule has 0 saturated carbocycles. The number of aliphatic hydroxyl groups is 1. The lowest BCUT2D eigenvalue weighted by Crippen LogP contribution is -1.83. The maximum atomic E-state index is 8.64. The fourth-order valence-electron chi connectivity index (χ4n) is 1.92. The second-order valence-electron chi connectivity index (χ2n) is 4.95. The summed E-state index contributed by atoms with van der Waals surface area (Å²) in [6, 6.07) is 0. The van der Waals surface area contributed by atoms with Gasteiger partial charge in [-0.05, 0) is 38.5 Å². The van der Waals surface area contributed by atoms with Crippen molar-refractivity contribution < 1.29 is 5.11 Å². The smallest absolute Gasteiger partial charge is 0.0431 e. The molecule has 0 aliphatic heterocycles. The number of hydrogen-bond donors (Lipinski definition) is 1. The molecule has 0 saturated heterocycles. The molecule has 0 heterocycles. The van der Waals surface area contributed by atoms with Crippen LogP contribution in [0.25, 0.3) is 0 Å². The molecule has 1 nitrogen and oxygen atoms in total. The molecule has 1 N–H and O–H groups in total. The zero-order valence-corrected chi connectivity index (χ0v) is 12.2. The molecule has 0 radical (unpaired) electrons. The normalized spacial score (nSPS) is 11.9. The highest BCUT2D eigenvalue weighted by atomic mass is 16.2. The van der Waals surface area contributed by atoms with Crippen LogP contribution >= 0.6 is 0 Å². The van der Waals surface area contributed by atoms with Crippen LogP contribution in [0.5, 0.6) is 0 Å². The van der Waals surface area contributed by atoms with Gasteiger partial charge in [0.25, 0.3) is 0 Å². The molecule has 0 aromatic rings. The molecule has 0 fully saturated rings. The molecular formula is C17H32O. The van der Waals surface area contributed by atoms with Crippen LogP contribution in [-0.4, -0.2) is 11.7 Å². The van der Waals surface area contributed by atoms with Crippen molar-refractivity contribution in [1.29, 1.82) is 0 Å². The Morgan fingerprint density at radius 2 is 1.22 bits per heavy atom. The van der Waals surface area contributed by atoms with E-state index in [2.05, 4.69) is 31.2 Å². The van der Waals surface area contributed by atoms with Gasteiger partial charge in [0.05, 0.1) is 0 Å². The van der Waals surface area contributed by atoms with E-state index in [4.69, 9.17) is 5.11 Å². The van der Waals surface area contributed by atoms with Crippen molar-refractivity contribution in [2.45, 2.75) is 77.6 Å². The van der Waals surface area contributed by atoms with E-state index in [9.17, 15) is 0 Å². The topological polar surface area (TPSA) is 20.2 Å². The Kier molecular flexibility index (Phi) is 15.9. The number of aliphatic hydroxyl groups excluding tert-OH is 1. The van der Waals surface area contributed by atoms with Crippen molar-refractivity contribution in [3.8, 4) is 0 Å². The van der Waals surface area contributed by atoms with Crippen LogP contribution in [0.4, 0.5) is 0 Å². The largest absolute Gasteiger partial charge is 0.396 e. The molecule has 18 heavy (non-hydrogen) atoms. The maximum Gasteiger partial charge on any atom is 0.0431 e. The van der Waals surface area contributed by atoms with Crippen molar-refractivity contribution >= 4 is 0 Å². The van der Waals surface area contributed by atoms with Gasteiger partial charge in [0.1, 0.15) is 0 Å². The van der Waals surface area contributed by atoms with Gasteiger partial charge in [-0.2, -0.15) is 0 Å². The molecule has 0 spiro atoms. The quantitative estimate of drug-likeness (QED) is 0.343. The molecule has 0 aromatic heterocycles. The Bertz CT molecular complexity index is 194. The molecule has 0 aliphatic rings. The van der Waals surface area contributed by atoms with Crippen molar-refractivity contribution in [2.24, 2.45) is 0 Å². The molecule has 0 rings (SSSR count). The van der Waals surface area contributed by atoms with Crippen molar-refractivity contribution in [2.75, 3.05) is 6.61 Å². The van der Waals surface area contributed by atoms with Gasteiger partial charge in [-0.25, -0.2) is 0 Å². The number of allylic oxidation sites excluding steroid dienone is 4. The summed E-state index contributed by atoms with van der Waals surface area (Å²) < 4.78 is 0. The van der Waals surface area contributed by atoms with E-state index in [1.54, 1.807) is 0 Å². The summed E-state index contributed by atoms with van der Waals surface area (Å²) in [7, 11) is 0. The molecular weight excluding hydrogens is 220 g/mol. The van der Waals surface area contributed by atoms with Crippen molar-refractivity contribution in [1.82, 2.24) is 0 Å². The first kappa shape index (κ1) is 17.4. The zero-order valence-electron chi connectivity index (χ0n) is 12.2. The van der Waals surface area contributed by atoms with Crippen LogP contribution < -0.4 is 0 Å². The number of rotatable bonds is 13. The summed E-state index contributed by atoms with van der Waals surface area (Å²) >= 11 is 0. The summed E-state index contributed by atoms with van der Waals surface area (Å²) in [6.07, 6.45) is 22.8. The Labute approximate surface area is 114 Å². The van der Waals surface area contributed by atoms with E-state index in [-0.39, 0.29) is 0 Å². The predicted octanol–water partition coefficient (Wildman–Crippen LogP) is 5.40. The van der Waals surface area contributed by atoms with E-state index in [1.165, 1.54) is 57.8 Å². The predicted molar refractivity (Wildman–Crippen MR) is 81.8 cm³/mol. The molecule has 0 aromatic carbocycles. The van der Waals surface area contributed by atoms with Crippen LogP contribution in [0.2, 0.25) is 0 Å². The van der Waals surface area contributed by atoms with Gasteiger partial charge < -0.3 is 5.11 Å². The van der Waals surface area contributed by atoms with Gasteiger partial charge in [0.2, 0.25) is 0 Å². The summed E-state index contributed by atoms with van der Waals surface area (Å²) in [5.41, 5.74) is 0. The van der Waals surface area contributed by atoms with Crippen molar-refractivity contribution in [3.63, 3.8) is 0 Å². The summed E-state index contributed by atoms with van der Waals surface area (Å²) in [4.78, 5) is 0. The molecule has 0 aliphatic carbocycles. The van der Waals surface area contributed by atoms with Gasteiger partial charge in [0.15, 0.2) is 0 Å². The van der Waals surface area contributed by atoms with Crippen LogP contribution in [0, 0.1) is 0 Å². The van der Waals surface area contributed by atoms with Gasteiger partial charge >= 0.3 is 0 Å². The lowest BCUT2D eigenvalue weighted by Gasteiger charge is -1.97. The molecule has 0 atom stereocenters. The summed E-state index contributed by atoms with van der Waals surface area (Å²) in [6.45, 7) is 2.60. The standard InChI is InChI=1S/C17H32O/c1-2-3-4-5-6-7-8-9-10-11-12-13-14-15-16-17-18/h6-7,9-10,18H,2-5,8,11-17H2,1H3/b7-6+,10-9?. The Morgan fingerprint density at radius 1 is 0.667 bits per heavy atom. The third-order valence-electron chi connectivity index (χ3n) is 3.11. The van der Waals surface area contributed by atoms with Gasteiger partial charge in [-0.3, -0.25) is 0 Å². The monoisotopic (exact) mass is 252 g/mol. The van der Waals surface area contributed by atoms with Crippen LogP contribution in [0.1, 0.15) is 77.6 Å². The Balaban J connectivity index is 3.13. The van der Waals surface area contributed by atoms with Gasteiger partial charge in [-0.15, -0.1) is 0 Å². The molecule has 0 amide bonds. The summed E-state index contributed by atoms with van der Waals surface area (Å²) in [5.74, 6) is 0. The first-order valence-corrected chi connectivity index (χ1v) is 7.82. The average molecular weight is 252 g/mol. The first-order valence-electron chi connectivity index (χ1n) is 7.82. The Hall–Kier alpha value is -0.560. The third-order valence-corrected chi connectivity index (χ3v) is 3.11. The maximum absolute atomic E-state index is 8.64. The third kappa shape index (κ3) is 15.4. The molecule has 106 valence electrons. The highest BCUT2D eigenvalue weighted by molar-refractivity contribution is 4.92. The Morgan fingerprint density at radius 3 is 1.83 bits per heavy atom. The second-order valence-corrected chi connectivity index (χ2v) is 4.95. The summed E-state index contributed by atoms with van der Waals surface area (Å²) in [5, 5.41) is 8.64. The number of unbranched alkanes of at least 4 members (excludes halogenated alkanes) is 8. The molecule has 0 bridgehead atoms. The van der Waals surface area contributed by atoms with Crippen molar-refractivity contribution in [3.05, 3.63) is 24.3 Å². The van der Waals surface area contributed by atoms with Crippen LogP contribution in [0.3, 0.4) is 0 Å². The van der Waals surface area contributed by atoms with Crippen LogP contribution in [0.15, 0.2) is 24.3 Å². The van der Waals surface area contributed by atoms with E-state index in [0.29, 0.717) is 6.61 Å². The zero-order chi connectivity index (χ0) is 13.3. The minimum absolute atomic E-state index is 0.352. The highest BCUT2D eigenvalue weighted by Gasteiger charge is 1.88. The second kappa shape index (κ2) is 16.4. The average Bonchev–Trinajstić information content (AvgIpc) is 2.39. The lowest BCUT2D eigenvalue weighted by atomic mass is 10.1. The highest BCUT2D eigenvalue weighted by Crippen LogP contribution is 2.06. The van der Waals surface area contributed by atoms with E-state index < -0.39 is 0 Å². The molecule has 1 heteroatoms. The minimum Gasteiger partial charge on any atom is -0.396 e. The van der Waals surface area contributed by atoms with Gasteiger partial charge in [0, 0.05) is 6.61 Å². The minimum atomic E-state index is 0.352. The van der Waals surface area contributed by atoms with Crippen LogP contribution in [-0.2, 0) is 0 Å². The van der Waals surface area contributed by atoms with E-state index in [1.807, 2.05) is 0 Å². The SMILES string of the molecule is CCCCC/C=C/CC=CCCCCCCCO. The van der Waals surface area contributed by atoms with E-state index >= 15 is 0 Å². The molecule has 0 unspecified atom stereocenters.